The Bertz CT molecular complexity index is 342. The standard InChI is InChI=1S/C11H16BFO3/c1-8(2)3-4-16-11-6-9(12(14)15)5-10(13)7-11/h5-8,14-15H,3-4H2,1-2H3. The number of ether oxygens (including phenoxy) is 1. The van der Waals surface area contributed by atoms with Gasteiger partial charge in [-0.25, -0.2) is 4.39 Å². The van der Waals surface area contributed by atoms with Crippen molar-refractivity contribution < 1.29 is 19.2 Å². The molecule has 0 unspecified atom stereocenters. The lowest BCUT2D eigenvalue weighted by Gasteiger charge is -2.09. The Balaban J connectivity index is 2.65. The fourth-order valence-electron chi connectivity index (χ4n) is 1.23. The zero-order valence-electron chi connectivity index (χ0n) is 9.48. The minimum Gasteiger partial charge on any atom is -0.493 e. The molecule has 1 aromatic carbocycles. The molecule has 0 fully saturated rings. The van der Waals surface area contributed by atoms with Gasteiger partial charge in [0.2, 0.25) is 0 Å². The van der Waals surface area contributed by atoms with Crippen LogP contribution in [-0.4, -0.2) is 23.8 Å². The van der Waals surface area contributed by atoms with Crippen LogP contribution >= 0.6 is 0 Å². The summed E-state index contributed by atoms with van der Waals surface area (Å²) in [5.74, 6) is 0.297. The Morgan fingerprint density at radius 1 is 1.31 bits per heavy atom. The highest BCUT2D eigenvalue weighted by molar-refractivity contribution is 6.58. The van der Waals surface area contributed by atoms with Crippen LogP contribution in [0.4, 0.5) is 4.39 Å². The molecule has 0 atom stereocenters. The van der Waals surface area contributed by atoms with Gasteiger partial charge in [0, 0.05) is 6.07 Å². The van der Waals surface area contributed by atoms with Gasteiger partial charge in [0.05, 0.1) is 6.61 Å². The summed E-state index contributed by atoms with van der Waals surface area (Å²) in [7, 11) is -1.68. The summed E-state index contributed by atoms with van der Waals surface area (Å²) in [6.45, 7) is 4.62. The average molecular weight is 226 g/mol. The van der Waals surface area contributed by atoms with Gasteiger partial charge < -0.3 is 14.8 Å². The second-order valence-electron chi connectivity index (χ2n) is 4.12. The fourth-order valence-corrected chi connectivity index (χ4v) is 1.23. The predicted octanol–water partition coefficient (Wildman–Crippen LogP) is 0.930. The van der Waals surface area contributed by atoms with Gasteiger partial charge in [0.15, 0.2) is 0 Å². The van der Waals surface area contributed by atoms with Crippen molar-refractivity contribution >= 4 is 12.6 Å². The van der Waals surface area contributed by atoms with Crippen LogP contribution in [0.25, 0.3) is 0 Å². The second-order valence-corrected chi connectivity index (χ2v) is 4.12. The molecule has 16 heavy (non-hydrogen) atoms. The van der Waals surface area contributed by atoms with Crippen LogP contribution in [0, 0.1) is 11.7 Å². The van der Waals surface area contributed by atoms with E-state index in [9.17, 15) is 4.39 Å². The minimum atomic E-state index is -1.68. The molecule has 0 heterocycles. The normalized spacial score (nSPS) is 10.6. The molecule has 1 rings (SSSR count). The molecule has 0 aromatic heterocycles. The first-order chi connectivity index (χ1) is 7.49. The number of hydrogen-bond acceptors (Lipinski definition) is 3. The summed E-state index contributed by atoms with van der Waals surface area (Å²) in [5, 5.41) is 17.8. The largest absolute Gasteiger partial charge is 0.493 e. The van der Waals surface area contributed by atoms with Gasteiger partial charge in [-0.1, -0.05) is 13.8 Å². The van der Waals surface area contributed by atoms with E-state index in [0.717, 1.165) is 12.5 Å². The van der Waals surface area contributed by atoms with Crippen LogP contribution in [0.1, 0.15) is 20.3 Å². The minimum absolute atomic E-state index is 0.0968. The molecular formula is C11H16BFO3. The Morgan fingerprint density at radius 3 is 2.56 bits per heavy atom. The summed E-state index contributed by atoms with van der Waals surface area (Å²) >= 11 is 0. The third-order valence-electron chi connectivity index (χ3n) is 2.16. The average Bonchev–Trinajstić information content (AvgIpc) is 2.16. The highest BCUT2D eigenvalue weighted by atomic mass is 19.1. The van der Waals surface area contributed by atoms with Crippen LogP contribution in [0.3, 0.4) is 0 Å². The molecule has 2 N–H and O–H groups in total. The van der Waals surface area contributed by atoms with Crippen LogP contribution in [0.15, 0.2) is 18.2 Å². The highest BCUT2D eigenvalue weighted by Gasteiger charge is 2.13. The first-order valence-electron chi connectivity index (χ1n) is 5.28. The molecule has 3 nitrogen and oxygen atoms in total. The van der Waals surface area contributed by atoms with E-state index in [2.05, 4.69) is 13.8 Å². The van der Waals surface area contributed by atoms with Gasteiger partial charge >= 0.3 is 7.12 Å². The van der Waals surface area contributed by atoms with Crippen molar-refractivity contribution in [1.82, 2.24) is 0 Å². The van der Waals surface area contributed by atoms with Crippen molar-refractivity contribution in [2.45, 2.75) is 20.3 Å². The Hall–Kier alpha value is -1.07. The molecule has 5 heteroatoms. The van der Waals surface area contributed by atoms with Crippen molar-refractivity contribution in [3.05, 3.63) is 24.0 Å². The molecule has 0 amide bonds. The molecule has 0 aliphatic heterocycles. The van der Waals surface area contributed by atoms with Crippen LogP contribution in [0.5, 0.6) is 5.75 Å². The quantitative estimate of drug-likeness (QED) is 0.734. The summed E-state index contributed by atoms with van der Waals surface area (Å²) in [4.78, 5) is 0. The molecular weight excluding hydrogens is 210 g/mol. The third kappa shape index (κ3) is 4.20. The van der Waals surface area contributed by atoms with E-state index >= 15 is 0 Å². The molecule has 88 valence electrons. The van der Waals surface area contributed by atoms with E-state index in [1.165, 1.54) is 12.1 Å². The first kappa shape index (κ1) is 13.0. The number of halogens is 1. The van der Waals surface area contributed by atoms with Crippen molar-refractivity contribution in [2.75, 3.05) is 6.61 Å². The predicted molar refractivity (Wildman–Crippen MR) is 61.2 cm³/mol. The fraction of sp³-hybridized carbons (Fsp3) is 0.455. The zero-order valence-corrected chi connectivity index (χ0v) is 9.48. The zero-order chi connectivity index (χ0) is 12.1. The van der Waals surface area contributed by atoms with Gasteiger partial charge in [0.1, 0.15) is 11.6 Å². The van der Waals surface area contributed by atoms with Crippen molar-refractivity contribution in [3.63, 3.8) is 0 Å². The van der Waals surface area contributed by atoms with Gasteiger partial charge in [-0.15, -0.1) is 0 Å². The smallest absolute Gasteiger partial charge is 0.488 e. The van der Waals surface area contributed by atoms with E-state index in [-0.39, 0.29) is 5.46 Å². The topological polar surface area (TPSA) is 49.7 Å². The van der Waals surface area contributed by atoms with Crippen molar-refractivity contribution in [2.24, 2.45) is 5.92 Å². The molecule has 0 radical (unpaired) electrons. The Kier molecular flexibility index (Phi) is 4.77. The molecule has 0 saturated carbocycles. The lowest BCUT2D eigenvalue weighted by molar-refractivity contribution is 0.288. The van der Waals surface area contributed by atoms with Gasteiger partial charge in [0.25, 0.3) is 0 Å². The van der Waals surface area contributed by atoms with Crippen LogP contribution < -0.4 is 10.2 Å². The third-order valence-corrected chi connectivity index (χ3v) is 2.16. The van der Waals surface area contributed by atoms with E-state index in [1.807, 2.05) is 0 Å². The van der Waals surface area contributed by atoms with Gasteiger partial charge in [-0.3, -0.25) is 0 Å². The summed E-state index contributed by atoms with van der Waals surface area (Å²) in [6, 6.07) is 3.72. The number of rotatable bonds is 5. The highest BCUT2D eigenvalue weighted by Crippen LogP contribution is 2.12. The van der Waals surface area contributed by atoms with E-state index in [4.69, 9.17) is 14.8 Å². The van der Waals surface area contributed by atoms with Gasteiger partial charge in [-0.2, -0.15) is 0 Å². The maximum atomic E-state index is 13.1. The summed E-state index contributed by atoms with van der Waals surface area (Å²) < 4.78 is 18.4. The van der Waals surface area contributed by atoms with E-state index in [0.29, 0.717) is 18.3 Å². The molecule has 0 aliphatic carbocycles. The van der Waals surface area contributed by atoms with E-state index < -0.39 is 12.9 Å². The van der Waals surface area contributed by atoms with Crippen molar-refractivity contribution in [1.29, 1.82) is 0 Å². The molecule has 0 saturated heterocycles. The SMILES string of the molecule is CC(C)CCOc1cc(F)cc(B(O)O)c1. The first-order valence-corrected chi connectivity index (χ1v) is 5.28. The van der Waals surface area contributed by atoms with Gasteiger partial charge in [-0.05, 0) is 29.9 Å². The maximum absolute atomic E-state index is 13.1. The van der Waals surface area contributed by atoms with Crippen LogP contribution in [0.2, 0.25) is 0 Å². The molecule has 0 aliphatic rings. The maximum Gasteiger partial charge on any atom is 0.488 e. The Labute approximate surface area is 95.0 Å². The summed E-state index contributed by atoms with van der Waals surface area (Å²) in [5.41, 5.74) is 0.0968. The number of hydrogen-bond donors (Lipinski definition) is 2. The van der Waals surface area contributed by atoms with E-state index in [1.54, 1.807) is 0 Å². The lowest BCUT2D eigenvalue weighted by Crippen LogP contribution is -2.30. The lowest BCUT2D eigenvalue weighted by atomic mass is 9.80. The second kappa shape index (κ2) is 5.87. The van der Waals surface area contributed by atoms with Crippen molar-refractivity contribution in [3.8, 4) is 5.75 Å². The Morgan fingerprint density at radius 2 is 2.00 bits per heavy atom. The molecule has 1 aromatic rings. The molecule has 0 bridgehead atoms. The summed E-state index contributed by atoms with van der Waals surface area (Å²) in [6.07, 6.45) is 0.869. The monoisotopic (exact) mass is 226 g/mol. The molecule has 0 spiro atoms. The number of benzene rings is 1. The van der Waals surface area contributed by atoms with Crippen LogP contribution in [-0.2, 0) is 0 Å².